The number of benzene rings is 1. The van der Waals surface area contributed by atoms with E-state index < -0.39 is 11.9 Å². The molecule has 1 rings (SSSR count). The molecule has 15 heavy (non-hydrogen) atoms. The second-order valence-electron chi connectivity index (χ2n) is 3.15. The molecule has 1 aromatic rings. The quantitative estimate of drug-likeness (QED) is 0.626. The van der Waals surface area contributed by atoms with E-state index in [0.29, 0.717) is 11.3 Å². The average molecular weight is 208 g/mol. The summed E-state index contributed by atoms with van der Waals surface area (Å²) >= 11 is 0. The second kappa shape index (κ2) is 4.45. The Hall–Kier alpha value is -2.04. The summed E-state index contributed by atoms with van der Waals surface area (Å²) in [6.07, 6.45) is 0. The van der Waals surface area contributed by atoms with Crippen LogP contribution in [0.2, 0.25) is 0 Å². The Kier molecular flexibility index (Phi) is 3.28. The van der Waals surface area contributed by atoms with Crippen molar-refractivity contribution in [3.63, 3.8) is 0 Å². The van der Waals surface area contributed by atoms with E-state index in [4.69, 9.17) is 10.8 Å². The van der Waals surface area contributed by atoms with Crippen molar-refractivity contribution in [1.29, 1.82) is 0 Å². The third-order valence-corrected chi connectivity index (χ3v) is 1.90. The number of rotatable bonds is 3. The molecule has 0 saturated carbocycles. The van der Waals surface area contributed by atoms with E-state index in [2.05, 4.69) is 5.32 Å². The van der Waals surface area contributed by atoms with Gasteiger partial charge in [-0.05, 0) is 30.7 Å². The predicted molar refractivity (Wildman–Crippen MR) is 55.6 cm³/mol. The first-order valence-electron chi connectivity index (χ1n) is 4.37. The van der Waals surface area contributed by atoms with Gasteiger partial charge in [0.1, 0.15) is 6.54 Å². The van der Waals surface area contributed by atoms with E-state index in [9.17, 15) is 9.59 Å². The van der Waals surface area contributed by atoms with Crippen molar-refractivity contribution in [2.24, 2.45) is 0 Å². The van der Waals surface area contributed by atoms with Gasteiger partial charge in [-0.25, -0.2) is 0 Å². The number of carbonyl (C=O) groups excluding carboxylic acids is 1. The number of carboxylic acid groups (broad SMARTS) is 1. The van der Waals surface area contributed by atoms with Gasteiger partial charge in [0.15, 0.2) is 0 Å². The van der Waals surface area contributed by atoms with Gasteiger partial charge >= 0.3 is 5.97 Å². The number of aryl methyl sites for hydroxylation is 1. The summed E-state index contributed by atoms with van der Waals surface area (Å²) in [5.74, 6) is -1.48. The zero-order chi connectivity index (χ0) is 11.4. The summed E-state index contributed by atoms with van der Waals surface area (Å²) in [5, 5.41) is 10.7. The first-order valence-corrected chi connectivity index (χ1v) is 4.37. The molecule has 0 radical (unpaired) electrons. The highest BCUT2D eigenvalue weighted by Crippen LogP contribution is 2.11. The van der Waals surface area contributed by atoms with Crippen LogP contribution in [0.1, 0.15) is 15.9 Å². The topological polar surface area (TPSA) is 92.4 Å². The Balaban J connectivity index is 2.78. The lowest BCUT2D eigenvalue weighted by Crippen LogP contribution is -2.29. The summed E-state index contributed by atoms with van der Waals surface area (Å²) in [6.45, 7) is 1.36. The van der Waals surface area contributed by atoms with E-state index in [1.54, 1.807) is 25.1 Å². The molecule has 80 valence electrons. The highest BCUT2D eigenvalue weighted by Gasteiger charge is 2.09. The number of nitrogens with two attached hydrogens (primary N) is 1. The Morgan fingerprint density at radius 3 is 2.67 bits per heavy atom. The lowest BCUT2D eigenvalue weighted by Gasteiger charge is -2.06. The molecule has 0 aromatic heterocycles. The number of nitrogens with one attached hydrogen (secondary N) is 1. The van der Waals surface area contributed by atoms with Gasteiger partial charge < -0.3 is 16.2 Å². The van der Waals surface area contributed by atoms with E-state index in [1.807, 2.05) is 0 Å². The van der Waals surface area contributed by atoms with E-state index >= 15 is 0 Å². The lowest BCUT2D eigenvalue weighted by atomic mass is 10.1. The Morgan fingerprint density at radius 1 is 1.47 bits per heavy atom. The molecule has 0 atom stereocenters. The zero-order valence-electron chi connectivity index (χ0n) is 8.28. The largest absolute Gasteiger partial charge is 0.480 e. The minimum atomic E-state index is -1.07. The van der Waals surface area contributed by atoms with Crippen molar-refractivity contribution in [3.05, 3.63) is 29.3 Å². The first-order chi connectivity index (χ1) is 7.00. The molecule has 5 heteroatoms. The molecule has 5 nitrogen and oxygen atoms in total. The highest BCUT2D eigenvalue weighted by molar-refractivity contribution is 5.97. The van der Waals surface area contributed by atoms with Crippen LogP contribution >= 0.6 is 0 Å². The highest BCUT2D eigenvalue weighted by atomic mass is 16.4. The number of nitrogen functional groups attached to an aromatic ring is 1. The van der Waals surface area contributed by atoms with Gasteiger partial charge in [0.05, 0.1) is 0 Å². The van der Waals surface area contributed by atoms with E-state index in [0.717, 1.165) is 5.56 Å². The minimum absolute atomic E-state index is 0.386. The first kappa shape index (κ1) is 11.0. The van der Waals surface area contributed by atoms with Crippen LogP contribution in [0.3, 0.4) is 0 Å². The van der Waals surface area contributed by atoms with E-state index in [1.165, 1.54) is 0 Å². The molecule has 0 bridgehead atoms. The van der Waals surface area contributed by atoms with Crippen LogP contribution in [0, 0.1) is 6.92 Å². The number of carbonyl (C=O) groups is 2. The SMILES string of the molecule is Cc1cc(N)ccc1C(=O)NCC(=O)O. The van der Waals surface area contributed by atoms with Crippen LogP contribution < -0.4 is 11.1 Å². The summed E-state index contributed by atoms with van der Waals surface area (Å²) in [5.41, 5.74) is 7.25. The van der Waals surface area contributed by atoms with Crippen molar-refractivity contribution in [2.45, 2.75) is 6.92 Å². The molecule has 0 aliphatic carbocycles. The Labute approximate surface area is 86.9 Å². The van der Waals surface area contributed by atoms with Gasteiger partial charge in [-0.3, -0.25) is 9.59 Å². The molecule has 1 aromatic carbocycles. The van der Waals surface area contributed by atoms with Crippen molar-refractivity contribution in [1.82, 2.24) is 5.32 Å². The number of aliphatic carboxylic acids is 1. The van der Waals surface area contributed by atoms with Crippen LogP contribution in [0.15, 0.2) is 18.2 Å². The summed E-state index contributed by atoms with van der Waals surface area (Å²) in [4.78, 5) is 21.7. The average Bonchev–Trinajstić information content (AvgIpc) is 2.14. The van der Waals surface area contributed by atoms with Crippen LogP contribution in [-0.4, -0.2) is 23.5 Å². The van der Waals surface area contributed by atoms with Crippen molar-refractivity contribution in [2.75, 3.05) is 12.3 Å². The van der Waals surface area contributed by atoms with Gasteiger partial charge in [0.2, 0.25) is 0 Å². The van der Waals surface area contributed by atoms with Crippen molar-refractivity contribution < 1.29 is 14.7 Å². The third kappa shape index (κ3) is 2.98. The van der Waals surface area contributed by atoms with Gasteiger partial charge in [0.25, 0.3) is 5.91 Å². The van der Waals surface area contributed by atoms with Gasteiger partial charge in [0, 0.05) is 11.3 Å². The minimum Gasteiger partial charge on any atom is -0.480 e. The molecule has 4 N–H and O–H groups in total. The predicted octanol–water partition coefficient (Wildman–Crippen LogP) is 0.392. The Morgan fingerprint density at radius 2 is 2.13 bits per heavy atom. The van der Waals surface area contributed by atoms with Gasteiger partial charge in [-0.2, -0.15) is 0 Å². The van der Waals surface area contributed by atoms with E-state index in [-0.39, 0.29) is 6.54 Å². The fourth-order valence-electron chi connectivity index (χ4n) is 1.19. The van der Waals surface area contributed by atoms with Gasteiger partial charge in [-0.15, -0.1) is 0 Å². The molecule has 0 aliphatic heterocycles. The standard InChI is InChI=1S/C10H12N2O3/c1-6-4-7(11)2-3-8(6)10(15)12-5-9(13)14/h2-4H,5,11H2,1H3,(H,12,15)(H,13,14). The maximum Gasteiger partial charge on any atom is 0.322 e. The third-order valence-electron chi connectivity index (χ3n) is 1.90. The molecule has 0 aliphatic rings. The van der Waals surface area contributed by atoms with Gasteiger partial charge in [-0.1, -0.05) is 0 Å². The number of anilines is 1. The maximum atomic E-state index is 11.5. The summed E-state index contributed by atoms with van der Waals surface area (Å²) in [6, 6.07) is 4.83. The molecule has 0 fully saturated rings. The van der Waals surface area contributed by atoms with Crippen LogP contribution in [0.4, 0.5) is 5.69 Å². The lowest BCUT2D eigenvalue weighted by molar-refractivity contribution is -0.135. The number of hydrogen-bond acceptors (Lipinski definition) is 3. The monoisotopic (exact) mass is 208 g/mol. The summed E-state index contributed by atoms with van der Waals surface area (Å²) < 4.78 is 0. The molecule has 0 saturated heterocycles. The second-order valence-corrected chi connectivity index (χ2v) is 3.15. The van der Waals surface area contributed by atoms with Crippen molar-refractivity contribution >= 4 is 17.6 Å². The Bertz CT molecular complexity index is 402. The molecule has 0 heterocycles. The normalized spacial score (nSPS) is 9.67. The van der Waals surface area contributed by atoms with Crippen LogP contribution in [-0.2, 0) is 4.79 Å². The van der Waals surface area contributed by atoms with Crippen LogP contribution in [0.25, 0.3) is 0 Å². The molecular formula is C10H12N2O3. The molecule has 0 spiro atoms. The number of hydrogen-bond donors (Lipinski definition) is 3. The van der Waals surface area contributed by atoms with Crippen LogP contribution in [0.5, 0.6) is 0 Å². The molecular weight excluding hydrogens is 196 g/mol. The fraction of sp³-hybridized carbons (Fsp3) is 0.200. The maximum absolute atomic E-state index is 11.5. The smallest absolute Gasteiger partial charge is 0.322 e. The molecule has 0 unspecified atom stereocenters. The number of carboxylic acids is 1. The number of amides is 1. The van der Waals surface area contributed by atoms with Crippen molar-refractivity contribution in [3.8, 4) is 0 Å². The molecule has 1 amide bonds. The zero-order valence-corrected chi connectivity index (χ0v) is 8.28. The fourth-order valence-corrected chi connectivity index (χ4v) is 1.19. The summed E-state index contributed by atoms with van der Waals surface area (Å²) in [7, 11) is 0.